The van der Waals surface area contributed by atoms with E-state index >= 15 is 0 Å². The minimum atomic E-state index is -4.74. The molecule has 0 bridgehead atoms. The zero-order chi connectivity index (χ0) is 16.9. The zero-order valence-electron chi connectivity index (χ0n) is 11.3. The summed E-state index contributed by atoms with van der Waals surface area (Å²) in [4.78, 5) is 34.1. The van der Waals surface area contributed by atoms with E-state index in [9.17, 15) is 27.6 Å². The monoisotopic (exact) mass is 316 g/mol. The average Bonchev–Trinajstić information content (AvgIpc) is 2.45. The van der Waals surface area contributed by atoms with Crippen molar-refractivity contribution < 1.29 is 37.4 Å². The second-order valence-electron chi connectivity index (χ2n) is 4.13. The predicted octanol–water partition coefficient (Wildman–Crippen LogP) is 2.46. The van der Waals surface area contributed by atoms with E-state index < -0.39 is 47.0 Å². The number of carbonyl (C=O) groups excluding carboxylic acids is 3. The van der Waals surface area contributed by atoms with Crippen molar-refractivity contribution in [3.8, 4) is 0 Å². The Balaban J connectivity index is 2.96. The number of allylic oxidation sites excluding steroid dienone is 1. The van der Waals surface area contributed by atoms with Crippen LogP contribution in [-0.2, 0) is 20.5 Å². The summed E-state index contributed by atoms with van der Waals surface area (Å²) in [7, 11) is 0.960. The van der Waals surface area contributed by atoms with Crippen LogP contribution in [0.3, 0.4) is 0 Å². The maximum atomic E-state index is 12.8. The van der Waals surface area contributed by atoms with Crippen molar-refractivity contribution in [3.05, 3.63) is 47.2 Å². The molecule has 5 nitrogen and oxygen atoms in total. The fourth-order valence-electron chi connectivity index (χ4n) is 1.59. The number of aliphatic hydroxyl groups excluding tert-OH is 1. The molecule has 1 N–H and O–H groups in total. The molecule has 8 heteroatoms. The van der Waals surface area contributed by atoms with Gasteiger partial charge in [0.05, 0.1) is 19.1 Å². The molecule has 0 fully saturated rings. The number of ketones is 2. The Morgan fingerprint density at radius 2 is 1.82 bits per heavy atom. The number of esters is 1. The fraction of sp³-hybridized carbons (Fsp3) is 0.214. The van der Waals surface area contributed by atoms with Crippen molar-refractivity contribution in [1.82, 2.24) is 0 Å². The predicted molar refractivity (Wildman–Crippen MR) is 68.1 cm³/mol. The minimum Gasteiger partial charge on any atom is -0.502 e. The van der Waals surface area contributed by atoms with Crippen LogP contribution in [-0.4, -0.2) is 29.8 Å². The van der Waals surface area contributed by atoms with Crippen LogP contribution in [0, 0.1) is 0 Å². The van der Waals surface area contributed by atoms with Crippen molar-refractivity contribution in [2.24, 2.45) is 0 Å². The topological polar surface area (TPSA) is 80.7 Å². The molecule has 1 aromatic carbocycles. The van der Waals surface area contributed by atoms with Gasteiger partial charge in [0.1, 0.15) is 0 Å². The van der Waals surface area contributed by atoms with Crippen LogP contribution in [0.1, 0.15) is 22.3 Å². The van der Waals surface area contributed by atoms with Crippen LogP contribution in [0.5, 0.6) is 0 Å². The van der Waals surface area contributed by atoms with Crippen LogP contribution in [0.4, 0.5) is 13.2 Å². The van der Waals surface area contributed by atoms with Crippen molar-refractivity contribution in [3.63, 3.8) is 0 Å². The third kappa shape index (κ3) is 4.44. The summed E-state index contributed by atoms with van der Waals surface area (Å²) in [5.74, 6) is -4.34. The lowest BCUT2D eigenvalue weighted by molar-refractivity contribution is -0.139. The van der Waals surface area contributed by atoms with Crippen LogP contribution in [0.2, 0.25) is 0 Å². The summed E-state index contributed by atoms with van der Waals surface area (Å²) in [6, 6.07) is 4.01. The number of alkyl halides is 3. The van der Waals surface area contributed by atoms with Gasteiger partial charge in [-0.1, -0.05) is 18.2 Å². The molecule has 0 aromatic heterocycles. The summed E-state index contributed by atoms with van der Waals surface area (Å²) in [5, 5.41) is 9.13. The van der Waals surface area contributed by atoms with Crippen LogP contribution in [0.15, 0.2) is 36.1 Å². The Bertz CT molecular complexity index is 632. The third-order valence-corrected chi connectivity index (χ3v) is 2.56. The molecule has 0 aliphatic heterocycles. The van der Waals surface area contributed by atoms with Crippen LogP contribution >= 0.6 is 0 Å². The highest BCUT2D eigenvalue weighted by molar-refractivity contribution is 6.13. The maximum Gasteiger partial charge on any atom is 0.417 e. The molecule has 1 aromatic rings. The Hall–Kier alpha value is -2.64. The maximum absolute atomic E-state index is 12.8. The van der Waals surface area contributed by atoms with Crippen LogP contribution < -0.4 is 0 Å². The van der Waals surface area contributed by atoms with E-state index in [0.29, 0.717) is 6.08 Å². The Morgan fingerprint density at radius 3 is 2.36 bits per heavy atom. The first kappa shape index (κ1) is 17.4. The summed E-state index contributed by atoms with van der Waals surface area (Å²) in [6.45, 7) is 0. The molecule has 0 amide bonds. The van der Waals surface area contributed by atoms with Crippen molar-refractivity contribution >= 4 is 17.5 Å². The van der Waals surface area contributed by atoms with Gasteiger partial charge >= 0.3 is 12.1 Å². The van der Waals surface area contributed by atoms with E-state index in [1.54, 1.807) is 0 Å². The molecule has 0 heterocycles. The van der Waals surface area contributed by atoms with Gasteiger partial charge in [-0.15, -0.1) is 0 Å². The molecule has 1 rings (SSSR count). The number of halogens is 3. The van der Waals surface area contributed by atoms with Crippen molar-refractivity contribution in [2.75, 3.05) is 7.11 Å². The van der Waals surface area contributed by atoms with E-state index in [0.717, 1.165) is 25.3 Å². The number of hydrogen-bond donors (Lipinski definition) is 1. The number of methoxy groups -OCH3 is 1. The number of Topliss-reactive ketones (excluding diaryl/α,β-unsaturated/α-hetero) is 1. The first-order valence-electron chi connectivity index (χ1n) is 5.88. The van der Waals surface area contributed by atoms with E-state index in [1.165, 1.54) is 6.07 Å². The summed E-state index contributed by atoms with van der Waals surface area (Å²) < 4.78 is 42.4. The van der Waals surface area contributed by atoms with Crippen molar-refractivity contribution in [1.29, 1.82) is 0 Å². The lowest BCUT2D eigenvalue weighted by Gasteiger charge is -2.11. The Morgan fingerprint density at radius 1 is 1.23 bits per heavy atom. The van der Waals surface area contributed by atoms with E-state index in [4.69, 9.17) is 5.11 Å². The number of aliphatic hydroxyl groups is 1. The molecule has 0 atom stereocenters. The molecule has 0 aliphatic rings. The molecule has 0 saturated carbocycles. The largest absolute Gasteiger partial charge is 0.502 e. The van der Waals surface area contributed by atoms with Gasteiger partial charge in [-0.25, -0.2) is 4.79 Å². The van der Waals surface area contributed by atoms with Gasteiger partial charge in [0.2, 0.25) is 5.76 Å². The van der Waals surface area contributed by atoms with Gasteiger partial charge in [0.15, 0.2) is 11.6 Å². The summed E-state index contributed by atoms with van der Waals surface area (Å²) in [5.41, 5.74) is -1.82. The van der Waals surface area contributed by atoms with Crippen molar-refractivity contribution in [2.45, 2.75) is 12.6 Å². The molecule has 0 unspecified atom stereocenters. The fourth-order valence-corrected chi connectivity index (χ4v) is 1.59. The highest BCUT2D eigenvalue weighted by Gasteiger charge is 2.34. The number of rotatable bonds is 5. The molecule has 22 heavy (non-hydrogen) atoms. The SMILES string of the molecule is COC(=O)C(O)=CC(=O)CC(=O)c1ccccc1C(F)(F)F. The second-order valence-corrected chi connectivity index (χ2v) is 4.13. The number of hydrogen-bond acceptors (Lipinski definition) is 5. The Labute approximate surface area is 123 Å². The number of carbonyl (C=O) groups is 3. The molecule has 118 valence electrons. The normalized spacial score (nSPS) is 11.9. The molecule has 0 aliphatic carbocycles. The minimum absolute atomic E-state index is 0.430. The highest BCUT2D eigenvalue weighted by Crippen LogP contribution is 2.32. The Kier molecular flexibility index (Phi) is 5.44. The standard InChI is InChI=1S/C14H11F3O5/c1-22-13(21)12(20)7-8(18)6-11(19)9-4-2-3-5-10(9)14(15,16)17/h2-5,7,20H,6H2,1H3. The highest BCUT2D eigenvalue weighted by atomic mass is 19.4. The van der Waals surface area contributed by atoms with E-state index in [2.05, 4.69) is 4.74 Å². The molecule has 0 saturated heterocycles. The smallest absolute Gasteiger partial charge is 0.417 e. The van der Waals surface area contributed by atoms with E-state index in [1.807, 2.05) is 0 Å². The van der Waals surface area contributed by atoms with E-state index in [-0.39, 0.29) is 0 Å². The average molecular weight is 316 g/mol. The zero-order valence-corrected chi connectivity index (χ0v) is 11.3. The van der Waals surface area contributed by atoms with Gasteiger partial charge in [-0.05, 0) is 6.07 Å². The second kappa shape index (κ2) is 6.88. The summed E-state index contributed by atoms with van der Waals surface area (Å²) in [6.07, 6.45) is -5.23. The van der Waals surface area contributed by atoms with Gasteiger partial charge in [-0.3, -0.25) is 9.59 Å². The van der Waals surface area contributed by atoms with Gasteiger partial charge in [0.25, 0.3) is 0 Å². The number of benzene rings is 1. The number of ether oxygens (including phenoxy) is 1. The third-order valence-electron chi connectivity index (χ3n) is 2.56. The molecular weight excluding hydrogens is 305 g/mol. The first-order chi connectivity index (χ1) is 10.2. The van der Waals surface area contributed by atoms with Gasteiger partial charge < -0.3 is 9.84 Å². The first-order valence-corrected chi connectivity index (χ1v) is 5.88. The lowest BCUT2D eigenvalue weighted by atomic mass is 9.99. The lowest BCUT2D eigenvalue weighted by Crippen LogP contribution is -2.15. The van der Waals surface area contributed by atoms with Crippen LogP contribution in [0.25, 0.3) is 0 Å². The van der Waals surface area contributed by atoms with Gasteiger partial charge in [-0.2, -0.15) is 13.2 Å². The molecule has 0 radical (unpaired) electrons. The molecular formula is C14H11F3O5. The molecule has 0 spiro atoms. The summed E-state index contributed by atoms with van der Waals surface area (Å²) >= 11 is 0. The quantitative estimate of drug-likeness (QED) is 0.297. The van der Waals surface area contributed by atoms with Gasteiger partial charge in [0, 0.05) is 11.6 Å².